The molecule has 2 rings (SSSR count). The first-order valence-electron chi connectivity index (χ1n) is 5.94. The number of nitrogens with two attached hydrogens (primary N) is 1. The first-order valence-corrected chi connectivity index (χ1v) is 8.30. The van der Waals surface area contributed by atoms with Gasteiger partial charge in [-0.05, 0) is 21.0 Å². The van der Waals surface area contributed by atoms with E-state index in [0.717, 1.165) is 0 Å². The molecule has 2 heterocycles. The molecule has 20 heavy (non-hydrogen) atoms. The largest absolute Gasteiger partial charge is 0.308 e. The maximum absolute atomic E-state index is 12.5. The highest BCUT2D eigenvalue weighted by molar-refractivity contribution is 7.89. The third kappa shape index (κ3) is 2.94. The highest BCUT2D eigenvalue weighted by Crippen LogP contribution is 2.24. The summed E-state index contributed by atoms with van der Waals surface area (Å²) in [6.45, 7) is 2.40. The van der Waals surface area contributed by atoms with E-state index in [1.807, 2.05) is 19.0 Å². The summed E-state index contributed by atoms with van der Waals surface area (Å²) >= 11 is 1.34. The van der Waals surface area contributed by atoms with E-state index in [9.17, 15) is 8.42 Å². The van der Waals surface area contributed by atoms with Gasteiger partial charge >= 0.3 is 0 Å². The van der Waals surface area contributed by atoms with Crippen molar-refractivity contribution in [3.63, 3.8) is 0 Å². The van der Waals surface area contributed by atoms with Crippen LogP contribution in [0, 0.1) is 0 Å². The zero-order valence-electron chi connectivity index (χ0n) is 11.5. The Bertz CT molecular complexity index is 690. The lowest BCUT2D eigenvalue weighted by Gasteiger charge is -2.18. The minimum Gasteiger partial charge on any atom is -0.308 e. The molecule has 1 atom stereocenters. The number of thiazole rings is 1. The number of sulfonamides is 1. The molecule has 0 saturated heterocycles. The number of hydrogen-bond acceptors (Lipinski definition) is 7. The van der Waals surface area contributed by atoms with Crippen molar-refractivity contribution in [2.24, 2.45) is 5.84 Å². The van der Waals surface area contributed by atoms with E-state index in [0.29, 0.717) is 11.5 Å². The van der Waals surface area contributed by atoms with Crippen LogP contribution in [0.3, 0.4) is 0 Å². The van der Waals surface area contributed by atoms with Gasteiger partial charge in [0.05, 0.1) is 0 Å². The summed E-state index contributed by atoms with van der Waals surface area (Å²) in [6, 6.07) is -0.232. The maximum atomic E-state index is 12.5. The van der Waals surface area contributed by atoms with Gasteiger partial charge in [0.15, 0.2) is 10.8 Å². The third-order valence-corrected chi connectivity index (χ3v) is 4.97. The molecule has 0 aliphatic heterocycles. The molecule has 8 nitrogen and oxygen atoms in total. The first-order chi connectivity index (χ1) is 9.35. The van der Waals surface area contributed by atoms with Crippen molar-refractivity contribution in [3.05, 3.63) is 11.6 Å². The topological polar surface area (TPSA) is 105 Å². The fourth-order valence-electron chi connectivity index (χ4n) is 2.02. The van der Waals surface area contributed by atoms with Gasteiger partial charge in [-0.25, -0.2) is 19.0 Å². The number of anilines is 1. The molecule has 0 aliphatic carbocycles. The summed E-state index contributed by atoms with van der Waals surface area (Å²) in [5, 5.41) is 1.80. The summed E-state index contributed by atoms with van der Waals surface area (Å²) in [5.74, 6) is 5.50. The van der Waals surface area contributed by atoms with Gasteiger partial charge in [-0.2, -0.15) is 4.98 Å². The predicted octanol–water partition coefficient (Wildman–Crippen LogP) is -0.0902. The average molecular weight is 318 g/mol. The number of fused-ring (bicyclic) bond motifs is 1. The van der Waals surface area contributed by atoms with Crippen molar-refractivity contribution in [2.45, 2.75) is 18.0 Å². The van der Waals surface area contributed by atoms with Crippen LogP contribution in [0.25, 0.3) is 4.96 Å². The van der Waals surface area contributed by atoms with Crippen molar-refractivity contribution < 1.29 is 8.42 Å². The van der Waals surface area contributed by atoms with E-state index in [2.05, 4.69) is 15.1 Å². The molecule has 112 valence electrons. The van der Waals surface area contributed by atoms with E-state index in [-0.39, 0.29) is 16.9 Å². The Morgan fingerprint density at radius 3 is 2.85 bits per heavy atom. The zero-order chi connectivity index (χ0) is 14.9. The Morgan fingerprint density at radius 1 is 1.55 bits per heavy atom. The number of likely N-dealkylation sites (N-methyl/N-ethyl adjacent to an activating group) is 1. The monoisotopic (exact) mass is 318 g/mol. The highest BCUT2D eigenvalue weighted by atomic mass is 32.2. The minimum atomic E-state index is -3.71. The van der Waals surface area contributed by atoms with E-state index in [4.69, 9.17) is 5.84 Å². The highest BCUT2D eigenvalue weighted by Gasteiger charge is 2.27. The van der Waals surface area contributed by atoms with E-state index in [1.165, 1.54) is 15.7 Å². The van der Waals surface area contributed by atoms with Gasteiger partial charge in [0.25, 0.3) is 10.0 Å². The quantitative estimate of drug-likeness (QED) is 0.508. The van der Waals surface area contributed by atoms with Crippen LogP contribution in [0.4, 0.5) is 5.82 Å². The lowest BCUT2D eigenvalue weighted by Crippen LogP contribution is -2.40. The number of rotatable bonds is 6. The molecule has 0 fully saturated rings. The Hall–Kier alpha value is -1.20. The summed E-state index contributed by atoms with van der Waals surface area (Å²) in [5.41, 5.74) is 2.34. The molecule has 10 heteroatoms. The molecule has 2 aromatic heterocycles. The van der Waals surface area contributed by atoms with Crippen LogP contribution in [0.15, 0.2) is 16.6 Å². The summed E-state index contributed by atoms with van der Waals surface area (Å²) in [4.78, 5) is 6.62. The SMILES string of the molecule is CC(CN(C)C)NS(=O)(=O)c1c(NN)nc2sccn12. The third-order valence-electron chi connectivity index (χ3n) is 2.60. The molecule has 4 N–H and O–H groups in total. The van der Waals surface area contributed by atoms with Crippen LogP contribution >= 0.6 is 11.3 Å². The summed E-state index contributed by atoms with van der Waals surface area (Å²) in [6.07, 6.45) is 1.65. The average Bonchev–Trinajstić information content (AvgIpc) is 2.84. The fourth-order valence-corrected chi connectivity index (χ4v) is 4.27. The minimum absolute atomic E-state index is 0.0295. The normalized spacial score (nSPS) is 14.1. The van der Waals surface area contributed by atoms with Crippen molar-refractivity contribution in [1.82, 2.24) is 19.0 Å². The van der Waals surface area contributed by atoms with Crippen LogP contribution in [0.5, 0.6) is 0 Å². The molecule has 0 amide bonds. The molecular weight excluding hydrogens is 300 g/mol. The molecule has 0 spiro atoms. The Morgan fingerprint density at radius 2 is 2.25 bits per heavy atom. The molecule has 0 saturated carbocycles. The number of imidazole rings is 1. The smallest absolute Gasteiger partial charge is 0.260 e. The van der Waals surface area contributed by atoms with E-state index in [1.54, 1.807) is 18.5 Å². The van der Waals surface area contributed by atoms with Crippen molar-refractivity contribution in [3.8, 4) is 0 Å². The van der Waals surface area contributed by atoms with E-state index >= 15 is 0 Å². The number of nitrogens with one attached hydrogen (secondary N) is 2. The molecular formula is C10H18N6O2S2. The van der Waals surface area contributed by atoms with Crippen LogP contribution in [-0.4, -0.2) is 49.4 Å². The van der Waals surface area contributed by atoms with Gasteiger partial charge < -0.3 is 10.3 Å². The number of aromatic nitrogens is 2. The van der Waals surface area contributed by atoms with Crippen LogP contribution < -0.4 is 16.0 Å². The van der Waals surface area contributed by atoms with Crippen LogP contribution in [0.2, 0.25) is 0 Å². The molecule has 1 unspecified atom stereocenters. The zero-order valence-corrected chi connectivity index (χ0v) is 13.1. The molecule has 0 radical (unpaired) electrons. The Labute approximate surface area is 121 Å². The van der Waals surface area contributed by atoms with Crippen LogP contribution in [-0.2, 0) is 10.0 Å². The Kier molecular flexibility index (Phi) is 4.30. The summed E-state index contributed by atoms with van der Waals surface area (Å²) in [7, 11) is 0.0519. The number of nitrogen functional groups attached to an aromatic ring is 1. The van der Waals surface area contributed by atoms with Crippen molar-refractivity contribution >= 4 is 32.1 Å². The van der Waals surface area contributed by atoms with Gasteiger partial charge in [0.2, 0.25) is 5.03 Å². The van der Waals surface area contributed by atoms with Gasteiger partial charge in [-0.15, -0.1) is 11.3 Å². The standard InChI is InChI=1S/C10H18N6O2S2/c1-7(6-15(2)3)14-20(17,18)9-8(13-11)12-10-16(9)4-5-19-10/h4-5,7,13-14H,6,11H2,1-3H3. The van der Waals surface area contributed by atoms with Crippen LogP contribution in [0.1, 0.15) is 6.92 Å². The number of hydrazine groups is 1. The second-order valence-electron chi connectivity index (χ2n) is 4.75. The fraction of sp³-hybridized carbons (Fsp3) is 0.500. The molecule has 0 aliphatic rings. The summed E-state index contributed by atoms with van der Waals surface area (Å²) < 4.78 is 29.1. The van der Waals surface area contributed by atoms with Gasteiger partial charge in [-0.1, -0.05) is 0 Å². The van der Waals surface area contributed by atoms with Gasteiger partial charge in [0, 0.05) is 24.2 Å². The number of nitrogens with zero attached hydrogens (tertiary/aromatic N) is 3. The van der Waals surface area contributed by atoms with Crippen molar-refractivity contribution in [2.75, 3.05) is 26.1 Å². The maximum Gasteiger partial charge on any atom is 0.260 e. The van der Waals surface area contributed by atoms with Gasteiger partial charge in [0.1, 0.15) is 0 Å². The van der Waals surface area contributed by atoms with Crippen molar-refractivity contribution in [1.29, 1.82) is 0 Å². The molecule has 0 aromatic carbocycles. The Balaban J connectivity index is 2.38. The number of hydrogen-bond donors (Lipinski definition) is 3. The van der Waals surface area contributed by atoms with Gasteiger partial charge in [-0.3, -0.25) is 4.40 Å². The first kappa shape index (κ1) is 15.2. The second kappa shape index (κ2) is 5.66. The lowest BCUT2D eigenvalue weighted by atomic mass is 10.3. The predicted molar refractivity (Wildman–Crippen MR) is 79.2 cm³/mol. The van der Waals surface area contributed by atoms with E-state index < -0.39 is 10.0 Å². The molecule has 2 aromatic rings. The second-order valence-corrected chi connectivity index (χ2v) is 7.25. The molecule has 0 bridgehead atoms. The lowest BCUT2D eigenvalue weighted by molar-refractivity contribution is 0.370.